The van der Waals surface area contributed by atoms with Crippen molar-refractivity contribution in [1.29, 1.82) is 0 Å². The van der Waals surface area contributed by atoms with E-state index in [0.29, 0.717) is 6.54 Å². The molecule has 2 saturated heterocycles. The van der Waals surface area contributed by atoms with Gasteiger partial charge in [0.1, 0.15) is 11.4 Å². The van der Waals surface area contributed by atoms with Crippen LogP contribution >= 0.6 is 0 Å². The zero-order chi connectivity index (χ0) is 23.8. The van der Waals surface area contributed by atoms with Gasteiger partial charge in [0, 0.05) is 32.8 Å². The third-order valence-corrected chi connectivity index (χ3v) is 6.10. The second-order valence-electron chi connectivity index (χ2n) is 9.89. The third kappa shape index (κ3) is 5.21. The highest BCUT2D eigenvalue weighted by atomic mass is 16.6. The van der Waals surface area contributed by atoms with Crippen LogP contribution < -0.4 is 10.6 Å². The molecule has 2 N–H and O–H groups in total. The Labute approximate surface area is 195 Å². The number of nitrogens with zero attached hydrogens (tertiary/aromatic N) is 6. The van der Waals surface area contributed by atoms with Crippen LogP contribution in [0.1, 0.15) is 58.2 Å². The minimum atomic E-state index is -0.525. The Morgan fingerprint density at radius 2 is 2.06 bits per heavy atom. The molecule has 2 aromatic heterocycles. The van der Waals surface area contributed by atoms with Gasteiger partial charge in [0.15, 0.2) is 6.23 Å². The van der Waals surface area contributed by atoms with Crippen LogP contribution in [-0.2, 0) is 9.47 Å². The number of hydrogen-bond donors (Lipinski definition) is 1. The molecule has 4 rings (SSSR count). The van der Waals surface area contributed by atoms with Crippen LogP contribution in [0.2, 0.25) is 0 Å². The highest BCUT2D eigenvalue weighted by Crippen LogP contribution is 2.32. The van der Waals surface area contributed by atoms with E-state index in [0.717, 1.165) is 61.6 Å². The Morgan fingerprint density at radius 1 is 1.27 bits per heavy atom. The third-order valence-electron chi connectivity index (χ3n) is 6.10. The lowest BCUT2D eigenvalue weighted by atomic mass is 10.1. The van der Waals surface area contributed by atoms with Crippen molar-refractivity contribution in [2.24, 2.45) is 0 Å². The van der Waals surface area contributed by atoms with Gasteiger partial charge in [0.2, 0.25) is 5.95 Å². The molecule has 180 valence electrons. The highest BCUT2D eigenvalue weighted by Gasteiger charge is 2.32. The molecule has 0 saturated carbocycles. The van der Waals surface area contributed by atoms with E-state index in [4.69, 9.17) is 15.2 Å². The molecule has 0 aliphatic carbocycles. The standard InChI is InChI=1S/C23H35N7O3/c1-15-13-25-30(19-8-6-7-11-32-19)20(15)17-12-18(27-21(24)26-17)29-10-9-16(14-29)28(5)22(31)33-23(2,3)4/h12-13,16,19H,6-11,14H2,1-5H3,(H2,24,26,27)/t16-,19?/m1/s1. The summed E-state index contributed by atoms with van der Waals surface area (Å²) < 4.78 is 13.4. The summed E-state index contributed by atoms with van der Waals surface area (Å²) in [5.74, 6) is 0.956. The minimum absolute atomic E-state index is 0.0300. The number of ether oxygens (including phenoxy) is 2. The van der Waals surface area contributed by atoms with Crippen molar-refractivity contribution in [1.82, 2.24) is 24.6 Å². The number of aryl methyl sites for hydroxylation is 1. The first kappa shape index (κ1) is 23.3. The predicted molar refractivity (Wildman–Crippen MR) is 126 cm³/mol. The molecule has 2 aromatic rings. The molecule has 2 aliphatic heterocycles. The first-order valence-electron chi connectivity index (χ1n) is 11.6. The Hall–Kier alpha value is -2.88. The predicted octanol–water partition coefficient (Wildman–Crippen LogP) is 3.38. The fourth-order valence-corrected chi connectivity index (χ4v) is 4.39. The summed E-state index contributed by atoms with van der Waals surface area (Å²) >= 11 is 0. The number of hydrogen-bond acceptors (Lipinski definition) is 8. The van der Waals surface area contributed by atoms with Crippen molar-refractivity contribution >= 4 is 17.9 Å². The van der Waals surface area contributed by atoms with Gasteiger partial charge in [0.25, 0.3) is 0 Å². The van der Waals surface area contributed by atoms with Crippen LogP contribution in [0.5, 0.6) is 0 Å². The van der Waals surface area contributed by atoms with Crippen LogP contribution in [0.4, 0.5) is 16.6 Å². The molecule has 0 spiro atoms. The number of carbonyl (C=O) groups is 1. The normalized spacial score (nSPS) is 21.3. The molecule has 4 heterocycles. The average molecular weight is 458 g/mol. The average Bonchev–Trinajstić information content (AvgIpc) is 3.39. The summed E-state index contributed by atoms with van der Waals surface area (Å²) in [6.45, 7) is 9.77. The van der Waals surface area contributed by atoms with E-state index in [1.807, 2.05) is 44.6 Å². The van der Waals surface area contributed by atoms with Crippen molar-refractivity contribution < 1.29 is 14.3 Å². The van der Waals surface area contributed by atoms with Gasteiger partial charge in [-0.05, 0) is 58.9 Å². The van der Waals surface area contributed by atoms with Gasteiger partial charge in [-0.15, -0.1) is 0 Å². The minimum Gasteiger partial charge on any atom is -0.444 e. The smallest absolute Gasteiger partial charge is 0.410 e. The van der Waals surface area contributed by atoms with Gasteiger partial charge in [0.05, 0.1) is 23.6 Å². The summed E-state index contributed by atoms with van der Waals surface area (Å²) in [6.07, 6.45) is 5.36. The SMILES string of the molecule is Cc1cnn(C2CCCCO2)c1-c1cc(N2CC[C@@H](N(C)C(=O)OC(C)(C)C)C2)nc(N)n1. The fraction of sp³-hybridized carbons (Fsp3) is 0.652. The lowest BCUT2D eigenvalue weighted by molar-refractivity contribution is -0.0384. The Morgan fingerprint density at radius 3 is 2.76 bits per heavy atom. The van der Waals surface area contributed by atoms with Gasteiger partial charge in [-0.3, -0.25) is 0 Å². The van der Waals surface area contributed by atoms with E-state index in [-0.39, 0.29) is 24.3 Å². The number of nitrogen functional groups attached to an aromatic ring is 1. The Kier molecular flexibility index (Phi) is 6.47. The van der Waals surface area contributed by atoms with Crippen LogP contribution in [0.15, 0.2) is 12.3 Å². The monoisotopic (exact) mass is 457 g/mol. The number of anilines is 2. The fourth-order valence-electron chi connectivity index (χ4n) is 4.39. The van der Waals surface area contributed by atoms with Gasteiger partial charge < -0.3 is 25.0 Å². The zero-order valence-electron chi connectivity index (χ0n) is 20.2. The van der Waals surface area contributed by atoms with Gasteiger partial charge in [-0.1, -0.05) is 0 Å². The molecule has 0 radical (unpaired) electrons. The first-order chi connectivity index (χ1) is 15.6. The van der Waals surface area contributed by atoms with Crippen molar-refractivity contribution in [3.63, 3.8) is 0 Å². The molecule has 33 heavy (non-hydrogen) atoms. The summed E-state index contributed by atoms with van der Waals surface area (Å²) in [4.78, 5) is 25.3. The first-order valence-corrected chi connectivity index (χ1v) is 11.6. The molecule has 0 bridgehead atoms. The maximum Gasteiger partial charge on any atom is 0.410 e. The lowest BCUT2D eigenvalue weighted by Crippen LogP contribution is -2.42. The maximum absolute atomic E-state index is 12.5. The van der Waals surface area contributed by atoms with Crippen molar-refractivity contribution in [2.75, 3.05) is 37.4 Å². The molecule has 0 aromatic carbocycles. The summed E-state index contributed by atoms with van der Waals surface area (Å²) in [5.41, 5.74) is 8.24. The van der Waals surface area contributed by atoms with Crippen molar-refractivity contribution in [3.8, 4) is 11.4 Å². The van der Waals surface area contributed by atoms with E-state index in [1.165, 1.54) is 0 Å². The van der Waals surface area contributed by atoms with E-state index in [9.17, 15) is 4.79 Å². The van der Waals surface area contributed by atoms with Crippen LogP contribution in [0, 0.1) is 6.92 Å². The molecule has 2 fully saturated rings. The van der Waals surface area contributed by atoms with E-state index < -0.39 is 5.60 Å². The molecular weight excluding hydrogens is 422 g/mol. The lowest BCUT2D eigenvalue weighted by Gasteiger charge is -2.28. The van der Waals surface area contributed by atoms with Gasteiger partial charge >= 0.3 is 6.09 Å². The van der Waals surface area contributed by atoms with Crippen LogP contribution in [0.3, 0.4) is 0 Å². The summed E-state index contributed by atoms with van der Waals surface area (Å²) in [5, 5.41) is 4.58. The molecular formula is C23H35N7O3. The van der Waals surface area contributed by atoms with Crippen LogP contribution in [-0.4, -0.2) is 69.1 Å². The number of rotatable bonds is 4. The maximum atomic E-state index is 12.5. The molecule has 1 unspecified atom stereocenters. The molecule has 10 nitrogen and oxygen atoms in total. The highest BCUT2D eigenvalue weighted by molar-refractivity contribution is 5.69. The second kappa shape index (κ2) is 9.17. The topological polar surface area (TPSA) is 112 Å². The number of nitrogens with two attached hydrogens (primary N) is 1. The summed E-state index contributed by atoms with van der Waals surface area (Å²) in [6, 6.07) is 1.98. The van der Waals surface area contributed by atoms with Crippen LogP contribution in [0.25, 0.3) is 11.4 Å². The zero-order valence-corrected chi connectivity index (χ0v) is 20.2. The van der Waals surface area contributed by atoms with E-state index in [1.54, 1.807) is 11.9 Å². The largest absolute Gasteiger partial charge is 0.444 e. The van der Waals surface area contributed by atoms with E-state index in [2.05, 4.69) is 20.0 Å². The number of likely N-dealkylation sites (N-methyl/N-ethyl adjacent to an activating group) is 1. The molecule has 2 atom stereocenters. The Balaban J connectivity index is 1.55. The van der Waals surface area contributed by atoms with Crippen molar-refractivity contribution in [2.45, 2.75) is 71.2 Å². The quantitative estimate of drug-likeness (QED) is 0.744. The second-order valence-corrected chi connectivity index (χ2v) is 9.89. The molecule has 2 aliphatic rings. The van der Waals surface area contributed by atoms with E-state index >= 15 is 0 Å². The van der Waals surface area contributed by atoms with Gasteiger partial charge in [-0.2, -0.15) is 10.1 Å². The molecule has 10 heteroatoms. The van der Waals surface area contributed by atoms with Gasteiger partial charge in [-0.25, -0.2) is 14.5 Å². The number of aromatic nitrogens is 4. The summed E-state index contributed by atoms with van der Waals surface area (Å²) in [7, 11) is 1.79. The Bertz CT molecular complexity index is 994. The number of amides is 1. The molecule has 1 amide bonds. The van der Waals surface area contributed by atoms with Crippen molar-refractivity contribution in [3.05, 3.63) is 17.8 Å². The number of carbonyl (C=O) groups excluding carboxylic acids is 1.